The Morgan fingerprint density at radius 3 is 2.91 bits per heavy atom. The predicted octanol–water partition coefficient (Wildman–Crippen LogP) is 1.57. The van der Waals surface area contributed by atoms with Crippen molar-refractivity contribution in [1.29, 1.82) is 0 Å². The molecule has 0 amide bonds. The van der Waals surface area contributed by atoms with Gasteiger partial charge in [0.05, 0.1) is 6.54 Å². The number of rotatable bonds is 7. The molecule has 0 unspecified atom stereocenters. The van der Waals surface area contributed by atoms with Gasteiger partial charge in [-0.15, -0.1) is 0 Å². The first-order chi connectivity index (χ1) is 11.3. The molecule has 1 aliphatic rings. The lowest BCUT2D eigenvalue weighted by Crippen LogP contribution is -2.46. The second kappa shape index (κ2) is 8.08. The molecule has 1 N–H and O–H groups in total. The normalized spacial score (nSPS) is 20.3. The number of β-amino-alcohol motifs (C(OH)–C–C–N with tert-alkyl or cyclic N) is 1. The molecule has 0 bridgehead atoms. The highest BCUT2D eigenvalue weighted by Crippen LogP contribution is 2.19. The molecular weight excluding hydrogens is 292 g/mol. The topological polar surface area (TPSA) is 63.4 Å². The molecule has 0 aliphatic carbocycles. The fourth-order valence-electron chi connectivity index (χ4n) is 3.08. The monoisotopic (exact) mass is 316 g/mol. The molecule has 1 aromatic carbocycles. The van der Waals surface area contributed by atoms with Gasteiger partial charge >= 0.3 is 0 Å². The summed E-state index contributed by atoms with van der Waals surface area (Å²) in [5.41, 5.74) is 0. The van der Waals surface area contributed by atoms with E-state index < -0.39 is 6.10 Å². The summed E-state index contributed by atoms with van der Waals surface area (Å²) in [5, 5.41) is 14.5. The zero-order chi connectivity index (χ0) is 15.9. The van der Waals surface area contributed by atoms with Crippen LogP contribution in [0.3, 0.4) is 0 Å². The van der Waals surface area contributed by atoms with Gasteiger partial charge in [0.25, 0.3) is 0 Å². The Balaban J connectivity index is 1.49. The Labute approximate surface area is 136 Å². The zero-order valence-corrected chi connectivity index (χ0v) is 13.3. The largest absolute Gasteiger partial charge is 0.491 e. The molecule has 3 rings (SSSR count). The van der Waals surface area contributed by atoms with Crippen molar-refractivity contribution >= 4 is 0 Å². The molecule has 2 atom stereocenters. The minimum Gasteiger partial charge on any atom is -0.491 e. The van der Waals surface area contributed by atoms with Gasteiger partial charge in [0, 0.05) is 12.6 Å². The molecule has 6 nitrogen and oxygen atoms in total. The molecule has 1 aromatic heterocycles. The van der Waals surface area contributed by atoms with Crippen LogP contribution in [0.4, 0.5) is 0 Å². The molecule has 1 aliphatic heterocycles. The Bertz CT molecular complexity index is 561. The SMILES string of the molecule is O[C@H](COc1ccccc1)CN1CCCC[C@@H]1Cn1cncn1. The molecule has 0 saturated carbocycles. The maximum atomic E-state index is 10.3. The van der Waals surface area contributed by atoms with E-state index in [1.165, 1.54) is 12.8 Å². The van der Waals surface area contributed by atoms with Gasteiger partial charge in [-0.3, -0.25) is 9.58 Å². The smallest absolute Gasteiger partial charge is 0.137 e. The van der Waals surface area contributed by atoms with Crippen molar-refractivity contribution in [3.63, 3.8) is 0 Å². The first kappa shape index (κ1) is 16.0. The average molecular weight is 316 g/mol. The summed E-state index contributed by atoms with van der Waals surface area (Å²) in [5.74, 6) is 0.796. The Morgan fingerprint density at radius 1 is 1.26 bits per heavy atom. The third-order valence-electron chi connectivity index (χ3n) is 4.24. The standard InChI is InChI=1S/C17H24N4O2/c22-16(12-23-17-7-2-1-3-8-17)11-20-9-5-4-6-15(20)10-21-14-18-13-19-21/h1-3,7-8,13-16,22H,4-6,9-12H2/t15-,16+/m1/s1. The maximum absolute atomic E-state index is 10.3. The molecule has 2 heterocycles. The fraction of sp³-hybridized carbons (Fsp3) is 0.529. The van der Waals surface area contributed by atoms with Crippen LogP contribution in [-0.4, -0.2) is 56.6 Å². The highest BCUT2D eigenvalue weighted by atomic mass is 16.5. The number of hydrogen-bond donors (Lipinski definition) is 1. The number of piperidine rings is 1. The van der Waals surface area contributed by atoms with E-state index in [-0.39, 0.29) is 0 Å². The number of aliphatic hydroxyl groups is 1. The number of nitrogens with zero attached hydrogens (tertiary/aromatic N) is 4. The summed E-state index contributed by atoms with van der Waals surface area (Å²) in [6.45, 7) is 2.79. The van der Waals surface area contributed by atoms with E-state index in [4.69, 9.17) is 4.74 Å². The Kier molecular flexibility index (Phi) is 5.60. The highest BCUT2D eigenvalue weighted by Gasteiger charge is 2.25. The van der Waals surface area contributed by atoms with Crippen molar-refractivity contribution in [2.24, 2.45) is 0 Å². The van der Waals surface area contributed by atoms with E-state index >= 15 is 0 Å². The zero-order valence-electron chi connectivity index (χ0n) is 13.3. The van der Waals surface area contributed by atoms with Crippen molar-refractivity contribution < 1.29 is 9.84 Å². The van der Waals surface area contributed by atoms with Crippen molar-refractivity contribution in [1.82, 2.24) is 19.7 Å². The number of aromatic nitrogens is 3. The van der Waals surface area contributed by atoms with E-state index in [0.29, 0.717) is 19.2 Å². The summed E-state index contributed by atoms with van der Waals surface area (Å²) in [4.78, 5) is 6.35. The molecule has 6 heteroatoms. The van der Waals surface area contributed by atoms with Crippen LogP contribution in [0.2, 0.25) is 0 Å². The van der Waals surface area contributed by atoms with Gasteiger partial charge < -0.3 is 9.84 Å². The molecule has 23 heavy (non-hydrogen) atoms. The van der Waals surface area contributed by atoms with E-state index in [9.17, 15) is 5.11 Å². The van der Waals surface area contributed by atoms with Crippen LogP contribution in [0.15, 0.2) is 43.0 Å². The van der Waals surface area contributed by atoms with Gasteiger partial charge in [-0.2, -0.15) is 5.10 Å². The first-order valence-electron chi connectivity index (χ1n) is 8.23. The van der Waals surface area contributed by atoms with Crippen molar-refractivity contribution in [2.45, 2.75) is 38.0 Å². The molecule has 0 radical (unpaired) electrons. The van der Waals surface area contributed by atoms with Crippen LogP contribution in [0, 0.1) is 0 Å². The van der Waals surface area contributed by atoms with Gasteiger partial charge in [0.1, 0.15) is 31.1 Å². The number of benzene rings is 1. The number of ether oxygens (including phenoxy) is 1. The number of likely N-dealkylation sites (tertiary alicyclic amines) is 1. The average Bonchev–Trinajstić information content (AvgIpc) is 3.09. The number of para-hydroxylation sites is 1. The highest BCUT2D eigenvalue weighted by molar-refractivity contribution is 5.20. The molecule has 124 valence electrons. The minimum atomic E-state index is -0.494. The van der Waals surface area contributed by atoms with Crippen molar-refractivity contribution in [3.8, 4) is 5.75 Å². The molecular formula is C17H24N4O2. The van der Waals surface area contributed by atoms with Crippen LogP contribution in [0.25, 0.3) is 0 Å². The lowest BCUT2D eigenvalue weighted by Gasteiger charge is -2.36. The second-order valence-electron chi connectivity index (χ2n) is 6.04. The van der Waals surface area contributed by atoms with Crippen molar-refractivity contribution in [2.75, 3.05) is 19.7 Å². The van der Waals surface area contributed by atoms with Gasteiger partial charge in [-0.05, 0) is 31.5 Å². The van der Waals surface area contributed by atoms with Crippen molar-refractivity contribution in [3.05, 3.63) is 43.0 Å². The molecule has 0 spiro atoms. The van der Waals surface area contributed by atoms with Crippen LogP contribution in [-0.2, 0) is 6.54 Å². The van der Waals surface area contributed by atoms with Crippen LogP contribution >= 0.6 is 0 Å². The third-order valence-corrected chi connectivity index (χ3v) is 4.24. The van der Waals surface area contributed by atoms with Gasteiger partial charge in [-0.1, -0.05) is 24.6 Å². The van der Waals surface area contributed by atoms with E-state index in [1.807, 2.05) is 35.0 Å². The summed E-state index contributed by atoms with van der Waals surface area (Å²) >= 11 is 0. The summed E-state index contributed by atoms with van der Waals surface area (Å²) in [7, 11) is 0. The second-order valence-corrected chi connectivity index (χ2v) is 6.04. The number of hydrogen-bond acceptors (Lipinski definition) is 5. The number of aliphatic hydroxyl groups excluding tert-OH is 1. The fourth-order valence-corrected chi connectivity index (χ4v) is 3.08. The van der Waals surface area contributed by atoms with Crippen LogP contribution in [0.1, 0.15) is 19.3 Å². The summed E-state index contributed by atoms with van der Waals surface area (Å²) in [6.07, 6.45) is 6.36. The quantitative estimate of drug-likeness (QED) is 0.840. The van der Waals surface area contributed by atoms with Crippen LogP contribution < -0.4 is 4.74 Å². The summed E-state index contributed by atoms with van der Waals surface area (Å²) < 4.78 is 7.52. The van der Waals surface area contributed by atoms with Gasteiger partial charge in [0.15, 0.2) is 0 Å². The Hall–Kier alpha value is -1.92. The predicted molar refractivity (Wildman–Crippen MR) is 87.2 cm³/mol. The lowest BCUT2D eigenvalue weighted by molar-refractivity contribution is 0.0345. The molecule has 1 saturated heterocycles. The van der Waals surface area contributed by atoms with E-state index in [1.54, 1.807) is 12.7 Å². The summed E-state index contributed by atoms with van der Waals surface area (Å²) in [6, 6.07) is 10.0. The third kappa shape index (κ3) is 4.77. The molecule has 1 fully saturated rings. The van der Waals surface area contributed by atoms with E-state index in [0.717, 1.165) is 25.3 Å². The van der Waals surface area contributed by atoms with E-state index in [2.05, 4.69) is 15.0 Å². The first-order valence-corrected chi connectivity index (χ1v) is 8.23. The Morgan fingerprint density at radius 2 is 2.13 bits per heavy atom. The minimum absolute atomic E-state index is 0.316. The van der Waals surface area contributed by atoms with Gasteiger partial charge in [-0.25, -0.2) is 4.98 Å². The maximum Gasteiger partial charge on any atom is 0.137 e. The molecule has 2 aromatic rings. The lowest BCUT2D eigenvalue weighted by atomic mass is 10.0. The van der Waals surface area contributed by atoms with Crippen LogP contribution in [0.5, 0.6) is 5.75 Å². The van der Waals surface area contributed by atoms with Gasteiger partial charge in [0.2, 0.25) is 0 Å².